The molecule has 1 aromatic rings. The van der Waals surface area contributed by atoms with Crippen LogP contribution in [0.5, 0.6) is 5.75 Å². The van der Waals surface area contributed by atoms with E-state index in [9.17, 15) is 0 Å². The van der Waals surface area contributed by atoms with Crippen molar-refractivity contribution < 1.29 is 4.74 Å². The Morgan fingerprint density at radius 2 is 2.38 bits per heavy atom. The number of ether oxygens (including phenoxy) is 1. The molecule has 1 aliphatic rings. The van der Waals surface area contributed by atoms with E-state index >= 15 is 0 Å². The van der Waals surface area contributed by atoms with Crippen LogP contribution in [0.3, 0.4) is 0 Å². The number of aromatic nitrogens is 1. The van der Waals surface area contributed by atoms with E-state index in [1.54, 1.807) is 6.20 Å². The highest BCUT2D eigenvalue weighted by atomic mass is 35.5. The van der Waals surface area contributed by atoms with Gasteiger partial charge in [-0.1, -0.05) is 0 Å². The van der Waals surface area contributed by atoms with Gasteiger partial charge in [0.15, 0.2) is 0 Å². The van der Waals surface area contributed by atoms with Crippen molar-refractivity contribution in [3.63, 3.8) is 0 Å². The standard InChI is InChI=1S/C12H17ClN2O/c1-15(11-2-3-11)6-7-16-12-4-5-14-10(8-12)9-13/h4-5,8,11H,2-3,6-7,9H2,1H3. The molecular weight excluding hydrogens is 224 g/mol. The predicted molar refractivity (Wildman–Crippen MR) is 64.9 cm³/mol. The Balaban J connectivity index is 1.75. The third kappa shape index (κ3) is 3.35. The summed E-state index contributed by atoms with van der Waals surface area (Å²) in [6, 6.07) is 4.55. The molecular formula is C12H17ClN2O. The Kier molecular flexibility index (Phi) is 4.02. The molecule has 0 spiro atoms. The molecule has 1 aliphatic carbocycles. The summed E-state index contributed by atoms with van der Waals surface area (Å²) < 4.78 is 5.66. The monoisotopic (exact) mass is 240 g/mol. The van der Waals surface area contributed by atoms with Crippen molar-refractivity contribution in [1.29, 1.82) is 0 Å². The molecule has 1 saturated carbocycles. The summed E-state index contributed by atoms with van der Waals surface area (Å²) in [6.07, 6.45) is 4.40. The lowest BCUT2D eigenvalue weighted by Gasteiger charge is -2.15. The van der Waals surface area contributed by atoms with Gasteiger partial charge < -0.3 is 9.64 Å². The van der Waals surface area contributed by atoms with E-state index in [4.69, 9.17) is 16.3 Å². The van der Waals surface area contributed by atoms with E-state index in [2.05, 4.69) is 16.9 Å². The van der Waals surface area contributed by atoms with E-state index < -0.39 is 0 Å². The molecule has 0 saturated heterocycles. The van der Waals surface area contributed by atoms with Gasteiger partial charge >= 0.3 is 0 Å². The molecule has 0 radical (unpaired) electrons. The van der Waals surface area contributed by atoms with E-state index in [1.807, 2.05) is 12.1 Å². The van der Waals surface area contributed by atoms with Crippen molar-refractivity contribution in [2.24, 2.45) is 0 Å². The summed E-state index contributed by atoms with van der Waals surface area (Å²) in [6.45, 7) is 1.70. The van der Waals surface area contributed by atoms with Crippen molar-refractivity contribution in [2.45, 2.75) is 24.8 Å². The van der Waals surface area contributed by atoms with Gasteiger partial charge in [0.1, 0.15) is 12.4 Å². The normalized spacial score (nSPS) is 15.4. The summed E-state index contributed by atoms with van der Waals surface area (Å²) in [5, 5.41) is 0. The fraction of sp³-hybridized carbons (Fsp3) is 0.583. The van der Waals surface area contributed by atoms with Crippen molar-refractivity contribution in [3.05, 3.63) is 24.0 Å². The van der Waals surface area contributed by atoms with Gasteiger partial charge in [-0.05, 0) is 26.0 Å². The topological polar surface area (TPSA) is 25.4 Å². The maximum absolute atomic E-state index is 5.71. The first-order valence-electron chi connectivity index (χ1n) is 5.63. The average Bonchev–Trinajstić information content (AvgIpc) is 3.13. The number of hydrogen-bond acceptors (Lipinski definition) is 3. The average molecular weight is 241 g/mol. The molecule has 0 N–H and O–H groups in total. The molecule has 88 valence electrons. The first-order chi connectivity index (χ1) is 7.79. The first-order valence-corrected chi connectivity index (χ1v) is 6.17. The summed E-state index contributed by atoms with van der Waals surface area (Å²) >= 11 is 5.71. The van der Waals surface area contributed by atoms with Crippen LogP contribution in [0.15, 0.2) is 18.3 Å². The van der Waals surface area contributed by atoms with Gasteiger partial charge in [0.25, 0.3) is 0 Å². The van der Waals surface area contributed by atoms with Crippen LogP contribution >= 0.6 is 11.6 Å². The molecule has 16 heavy (non-hydrogen) atoms. The van der Waals surface area contributed by atoms with E-state index in [0.717, 1.165) is 30.6 Å². The lowest BCUT2D eigenvalue weighted by atomic mass is 10.3. The molecule has 0 unspecified atom stereocenters. The summed E-state index contributed by atoms with van der Waals surface area (Å²) in [5.41, 5.74) is 0.856. The molecule has 1 heterocycles. The molecule has 3 nitrogen and oxygen atoms in total. The highest BCUT2D eigenvalue weighted by molar-refractivity contribution is 6.16. The van der Waals surface area contributed by atoms with Crippen molar-refractivity contribution in [3.8, 4) is 5.75 Å². The molecule has 0 atom stereocenters. The highest BCUT2D eigenvalue weighted by Gasteiger charge is 2.25. The quantitative estimate of drug-likeness (QED) is 0.714. The van der Waals surface area contributed by atoms with Crippen molar-refractivity contribution >= 4 is 11.6 Å². The Morgan fingerprint density at radius 3 is 3.06 bits per heavy atom. The van der Waals surface area contributed by atoms with Crippen LogP contribution in [-0.4, -0.2) is 36.1 Å². The number of halogens is 1. The van der Waals surface area contributed by atoms with Gasteiger partial charge in [-0.2, -0.15) is 0 Å². The first kappa shape index (κ1) is 11.7. The predicted octanol–water partition coefficient (Wildman–Crippen LogP) is 2.29. The fourth-order valence-corrected chi connectivity index (χ4v) is 1.77. The third-order valence-electron chi connectivity index (χ3n) is 2.81. The van der Waals surface area contributed by atoms with Crippen LogP contribution < -0.4 is 4.74 Å². The Labute approximate surface area is 101 Å². The third-order valence-corrected chi connectivity index (χ3v) is 3.08. The number of alkyl halides is 1. The zero-order valence-electron chi connectivity index (χ0n) is 9.53. The van der Waals surface area contributed by atoms with Gasteiger partial charge in [-0.25, -0.2) is 0 Å². The maximum Gasteiger partial charge on any atom is 0.122 e. The minimum absolute atomic E-state index is 0.430. The lowest BCUT2D eigenvalue weighted by Crippen LogP contribution is -2.26. The van der Waals surface area contributed by atoms with Gasteiger partial charge in [-0.3, -0.25) is 4.98 Å². The second kappa shape index (κ2) is 5.51. The minimum atomic E-state index is 0.430. The summed E-state index contributed by atoms with van der Waals surface area (Å²) in [4.78, 5) is 6.47. The van der Waals surface area contributed by atoms with Crippen molar-refractivity contribution in [1.82, 2.24) is 9.88 Å². The lowest BCUT2D eigenvalue weighted by molar-refractivity contribution is 0.231. The molecule has 1 fully saturated rings. The van der Waals surface area contributed by atoms with Gasteiger partial charge in [0.2, 0.25) is 0 Å². The minimum Gasteiger partial charge on any atom is -0.492 e. The van der Waals surface area contributed by atoms with Crippen LogP contribution in [0, 0.1) is 0 Å². The van der Waals surface area contributed by atoms with Crippen LogP contribution in [0.2, 0.25) is 0 Å². The number of pyridine rings is 1. The largest absolute Gasteiger partial charge is 0.492 e. The second-order valence-electron chi connectivity index (χ2n) is 4.18. The van der Waals surface area contributed by atoms with E-state index in [1.165, 1.54) is 12.8 Å². The molecule has 0 aliphatic heterocycles. The zero-order valence-corrected chi connectivity index (χ0v) is 10.3. The maximum atomic E-state index is 5.71. The van der Waals surface area contributed by atoms with E-state index in [0.29, 0.717) is 5.88 Å². The van der Waals surface area contributed by atoms with Crippen molar-refractivity contribution in [2.75, 3.05) is 20.2 Å². The molecule has 0 aromatic carbocycles. The highest BCUT2D eigenvalue weighted by Crippen LogP contribution is 2.24. The SMILES string of the molecule is CN(CCOc1ccnc(CCl)c1)C1CC1. The Bertz CT molecular complexity index is 342. The van der Waals surface area contributed by atoms with Crippen LogP contribution in [0.4, 0.5) is 0 Å². The fourth-order valence-electron chi connectivity index (χ4n) is 1.62. The molecule has 0 bridgehead atoms. The number of likely N-dealkylation sites (N-methyl/N-ethyl adjacent to an activating group) is 1. The van der Waals surface area contributed by atoms with Gasteiger partial charge in [-0.15, -0.1) is 11.6 Å². The molecule has 2 rings (SSSR count). The van der Waals surface area contributed by atoms with Crippen LogP contribution in [0.25, 0.3) is 0 Å². The molecule has 4 heteroatoms. The second-order valence-corrected chi connectivity index (χ2v) is 4.44. The van der Waals surface area contributed by atoms with Gasteiger partial charge in [0.05, 0.1) is 11.6 Å². The Morgan fingerprint density at radius 1 is 1.56 bits per heavy atom. The van der Waals surface area contributed by atoms with Crippen LogP contribution in [0.1, 0.15) is 18.5 Å². The zero-order chi connectivity index (χ0) is 11.4. The number of nitrogens with zero attached hydrogens (tertiary/aromatic N) is 2. The smallest absolute Gasteiger partial charge is 0.122 e. The number of hydrogen-bond donors (Lipinski definition) is 0. The van der Waals surface area contributed by atoms with E-state index in [-0.39, 0.29) is 0 Å². The Hall–Kier alpha value is -0.800. The number of rotatable bonds is 6. The summed E-state index contributed by atoms with van der Waals surface area (Å²) in [5.74, 6) is 1.29. The molecule has 1 aromatic heterocycles. The molecule has 0 amide bonds. The van der Waals surface area contributed by atoms with Gasteiger partial charge in [0, 0.05) is 24.8 Å². The summed E-state index contributed by atoms with van der Waals surface area (Å²) in [7, 11) is 2.15. The van der Waals surface area contributed by atoms with Crippen LogP contribution in [-0.2, 0) is 5.88 Å².